The second-order valence-corrected chi connectivity index (χ2v) is 5.15. The van der Waals surface area contributed by atoms with Crippen molar-refractivity contribution in [1.82, 2.24) is 9.47 Å². The van der Waals surface area contributed by atoms with E-state index in [2.05, 4.69) is 42.4 Å². The largest absolute Gasteiger partial charge is 0.507 e. The molecule has 2 rings (SSSR count). The molecule has 0 saturated carbocycles. The Hall–Kier alpha value is -1.74. The standard InChI is InChI=1S/C16H22N2O/c1-4-5-10-18-12-13(9-11-17(2)3)16-14(18)7-6-8-15(16)19/h4,6-8,12,19H,1,5,9-11H2,2-3H3. The van der Waals surface area contributed by atoms with Crippen molar-refractivity contribution >= 4 is 10.9 Å². The topological polar surface area (TPSA) is 28.4 Å². The van der Waals surface area contributed by atoms with E-state index in [1.807, 2.05) is 12.1 Å². The third-order valence-electron chi connectivity index (χ3n) is 3.37. The Morgan fingerprint density at radius 2 is 2.16 bits per heavy atom. The van der Waals surface area contributed by atoms with Gasteiger partial charge in [-0.25, -0.2) is 0 Å². The number of phenolic OH excluding ortho intramolecular Hbond substituents is 1. The summed E-state index contributed by atoms with van der Waals surface area (Å²) in [4.78, 5) is 2.16. The van der Waals surface area contributed by atoms with Crippen molar-refractivity contribution in [1.29, 1.82) is 0 Å². The number of nitrogens with zero attached hydrogens (tertiary/aromatic N) is 2. The number of phenols is 1. The SMILES string of the molecule is C=CCCn1cc(CCN(C)C)c2c(O)cccc21. The molecule has 0 saturated heterocycles. The number of hydrogen-bond acceptors (Lipinski definition) is 2. The van der Waals surface area contributed by atoms with Gasteiger partial charge >= 0.3 is 0 Å². The van der Waals surface area contributed by atoms with Crippen LogP contribution in [0.2, 0.25) is 0 Å². The molecule has 0 bridgehead atoms. The smallest absolute Gasteiger partial charge is 0.125 e. The predicted octanol–water partition coefficient (Wildman–Crippen LogP) is 3.03. The molecule has 102 valence electrons. The van der Waals surface area contributed by atoms with Gasteiger partial charge in [0.15, 0.2) is 0 Å². The maximum absolute atomic E-state index is 10.1. The summed E-state index contributed by atoms with van der Waals surface area (Å²) in [5, 5.41) is 11.1. The molecule has 0 radical (unpaired) electrons. The summed E-state index contributed by atoms with van der Waals surface area (Å²) in [6, 6.07) is 5.73. The zero-order valence-corrected chi connectivity index (χ0v) is 11.8. The van der Waals surface area contributed by atoms with Crippen molar-refractivity contribution < 1.29 is 5.11 Å². The van der Waals surface area contributed by atoms with Crippen LogP contribution in [0.15, 0.2) is 37.1 Å². The number of aryl methyl sites for hydroxylation is 1. The summed E-state index contributed by atoms with van der Waals surface area (Å²) >= 11 is 0. The first-order chi connectivity index (χ1) is 9.13. The van der Waals surface area contributed by atoms with Crippen LogP contribution in [0, 0.1) is 0 Å². The van der Waals surface area contributed by atoms with Gasteiger partial charge < -0.3 is 14.6 Å². The molecule has 1 N–H and O–H groups in total. The first kappa shape index (κ1) is 13.7. The lowest BCUT2D eigenvalue weighted by atomic mass is 10.1. The van der Waals surface area contributed by atoms with E-state index < -0.39 is 0 Å². The number of likely N-dealkylation sites (N-methyl/N-ethyl adjacent to an activating group) is 1. The summed E-state index contributed by atoms with van der Waals surface area (Å²) in [5.74, 6) is 0.378. The number of fused-ring (bicyclic) bond motifs is 1. The van der Waals surface area contributed by atoms with E-state index in [0.717, 1.165) is 36.8 Å². The van der Waals surface area contributed by atoms with Crippen molar-refractivity contribution in [2.75, 3.05) is 20.6 Å². The molecule has 0 atom stereocenters. The minimum Gasteiger partial charge on any atom is -0.507 e. The minimum atomic E-state index is 0.378. The van der Waals surface area contributed by atoms with Gasteiger partial charge in [0.2, 0.25) is 0 Å². The van der Waals surface area contributed by atoms with Gasteiger partial charge in [-0.1, -0.05) is 12.1 Å². The van der Waals surface area contributed by atoms with Crippen LogP contribution in [0.1, 0.15) is 12.0 Å². The van der Waals surface area contributed by atoms with Gasteiger partial charge in [-0.3, -0.25) is 0 Å². The fourth-order valence-corrected chi connectivity index (χ4v) is 2.37. The van der Waals surface area contributed by atoms with E-state index in [1.54, 1.807) is 6.07 Å². The van der Waals surface area contributed by atoms with Crippen LogP contribution < -0.4 is 0 Å². The van der Waals surface area contributed by atoms with E-state index >= 15 is 0 Å². The molecule has 3 heteroatoms. The van der Waals surface area contributed by atoms with Crippen LogP contribution in [-0.4, -0.2) is 35.2 Å². The molecule has 0 unspecified atom stereocenters. The molecule has 0 fully saturated rings. The summed E-state index contributed by atoms with van der Waals surface area (Å²) in [6.07, 6.45) is 5.97. The highest BCUT2D eigenvalue weighted by Crippen LogP contribution is 2.30. The highest BCUT2D eigenvalue weighted by Gasteiger charge is 2.11. The number of aromatic hydroxyl groups is 1. The monoisotopic (exact) mass is 258 g/mol. The van der Waals surface area contributed by atoms with Crippen LogP contribution >= 0.6 is 0 Å². The Bertz CT molecular complexity index is 569. The van der Waals surface area contributed by atoms with E-state index in [1.165, 1.54) is 5.56 Å². The molecular weight excluding hydrogens is 236 g/mol. The summed E-state index contributed by atoms with van der Waals surface area (Å²) in [6.45, 7) is 5.66. The first-order valence-corrected chi connectivity index (χ1v) is 6.69. The quantitative estimate of drug-likeness (QED) is 0.807. The Morgan fingerprint density at radius 1 is 1.37 bits per heavy atom. The summed E-state index contributed by atoms with van der Waals surface area (Å²) < 4.78 is 2.21. The number of benzene rings is 1. The maximum atomic E-state index is 10.1. The molecule has 2 aromatic rings. The van der Waals surface area contributed by atoms with Crippen molar-refractivity contribution in [3.63, 3.8) is 0 Å². The number of allylic oxidation sites excluding steroid dienone is 1. The van der Waals surface area contributed by atoms with Crippen LogP contribution in [0.3, 0.4) is 0 Å². The van der Waals surface area contributed by atoms with Crippen molar-refractivity contribution in [2.24, 2.45) is 0 Å². The van der Waals surface area contributed by atoms with Gasteiger partial charge in [-0.2, -0.15) is 0 Å². The van der Waals surface area contributed by atoms with Crippen LogP contribution in [0.4, 0.5) is 0 Å². The Kier molecular flexibility index (Phi) is 4.27. The second kappa shape index (κ2) is 5.93. The van der Waals surface area contributed by atoms with Gasteiger partial charge in [-0.15, -0.1) is 6.58 Å². The Balaban J connectivity index is 2.41. The Morgan fingerprint density at radius 3 is 2.84 bits per heavy atom. The van der Waals surface area contributed by atoms with Gasteiger partial charge in [0.25, 0.3) is 0 Å². The van der Waals surface area contributed by atoms with Crippen LogP contribution in [-0.2, 0) is 13.0 Å². The lowest BCUT2D eigenvalue weighted by Gasteiger charge is -2.08. The minimum absolute atomic E-state index is 0.378. The molecule has 3 nitrogen and oxygen atoms in total. The molecule has 1 heterocycles. The highest BCUT2D eigenvalue weighted by atomic mass is 16.3. The number of aromatic nitrogens is 1. The van der Waals surface area contributed by atoms with E-state index in [0.29, 0.717) is 5.75 Å². The highest BCUT2D eigenvalue weighted by molar-refractivity contribution is 5.89. The molecule has 0 aliphatic rings. The first-order valence-electron chi connectivity index (χ1n) is 6.69. The van der Waals surface area contributed by atoms with Gasteiger partial charge in [0.05, 0.1) is 5.52 Å². The molecule has 0 spiro atoms. The molecule has 0 aliphatic heterocycles. The fraction of sp³-hybridized carbons (Fsp3) is 0.375. The third-order valence-corrected chi connectivity index (χ3v) is 3.37. The molecule has 0 amide bonds. The van der Waals surface area contributed by atoms with Gasteiger partial charge in [-0.05, 0) is 44.6 Å². The lowest BCUT2D eigenvalue weighted by molar-refractivity contribution is 0.413. The predicted molar refractivity (Wildman–Crippen MR) is 80.7 cm³/mol. The molecule has 1 aromatic heterocycles. The van der Waals surface area contributed by atoms with E-state index in [-0.39, 0.29) is 0 Å². The zero-order chi connectivity index (χ0) is 13.8. The zero-order valence-electron chi connectivity index (χ0n) is 11.8. The fourth-order valence-electron chi connectivity index (χ4n) is 2.37. The molecular formula is C16H22N2O. The van der Waals surface area contributed by atoms with Crippen molar-refractivity contribution in [2.45, 2.75) is 19.4 Å². The number of hydrogen-bond donors (Lipinski definition) is 1. The van der Waals surface area contributed by atoms with Crippen LogP contribution in [0.5, 0.6) is 5.75 Å². The average molecular weight is 258 g/mol. The summed E-state index contributed by atoms with van der Waals surface area (Å²) in [5.41, 5.74) is 2.32. The third kappa shape index (κ3) is 2.99. The Labute approximate surface area is 114 Å². The summed E-state index contributed by atoms with van der Waals surface area (Å²) in [7, 11) is 4.13. The molecule has 0 aliphatic carbocycles. The maximum Gasteiger partial charge on any atom is 0.125 e. The van der Waals surface area contributed by atoms with Crippen LogP contribution in [0.25, 0.3) is 10.9 Å². The normalized spacial score (nSPS) is 11.3. The van der Waals surface area contributed by atoms with Gasteiger partial charge in [0.1, 0.15) is 5.75 Å². The van der Waals surface area contributed by atoms with E-state index in [9.17, 15) is 5.11 Å². The lowest BCUT2D eigenvalue weighted by Crippen LogP contribution is -2.14. The average Bonchev–Trinajstić information content (AvgIpc) is 2.73. The molecule has 19 heavy (non-hydrogen) atoms. The van der Waals surface area contributed by atoms with Crippen molar-refractivity contribution in [3.05, 3.63) is 42.6 Å². The van der Waals surface area contributed by atoms with E-state index in [4.69, 9.17) is 0 Å². The molecule has 1 aromatic carbocycles. The van der Waals surface area contributed by atoms with Crippen molar-refractivity contribution in [3.8, 4) is 5.75 Å². The number of rotatable bonds is 6. The second-order valence-electron chi connectivity index (χ2n) is 5.15. The van der Waals surface area contributed by atoms with Gasteiger partial charge in [0, 0.05) is 24.7 Å².